The van der Waals surface area contributed by atoms with Gasteiger partial charge in [-0.15, -0.1) is 0 Å². The third-order valence-corrected chi connectivity index (χ3v) is 10.3. The summed E-state index contributed by atoms with van der Waals surface area (Å²) >= 11 is 6.11. The van der Waals surface area contributed by atoms with Gasteiger partial charge >= 0.3 is 6.09 Å². The van der Waals surface area contributed by atoms with Crippen molar-refractivity contribution in [3.63, 3.8) is 0 Å². The largest absolute Gasteiger partial charge is 0.415 e. The predicted octanol–water partition coefficient (Wildman–Crippen LogP) is 3.80. The number of halogens is 2. The topological polar surface area (TPSA) is 87.2 Å². The maximum absolute atomic E-state index is 13.6. The minimum absolute atomic E-state index is 0.0530. The molecule has 0 aromatic heterocycles. The lowest BCUT2D eigenvalue weighted by Crippen LogP contribution is -2.47. The van der Waals surface area contributed by atoms with Crippen LogP contribution in [0.5, 0.6) is 5.75 Å². The first-order chi connectivity index (χ1) is 18.6. The molecule has 0 spiro atoms. The molecule has 3 unspecified atom stereocenters. The van der Waals surface area contributed by atoms with Gasteiger partial charge in [-0.05, 0) is 74.3 Å². The molecule has 8 nitrogen and oxygen atoms in total. The van der Waals surface area contributed by atoms with Crippen molar-refractivity contribution in [2.24, 2.45) is 5.92 Å². The van der Waals surface area contributed by atoms with Crippen LogP contribution in [-0.2, 0) is 14.6 Å². The molecule has 0 aliphatic carbocycles. The quantitative estimate of drug-likeness (QED) is 0.537. The lowest BCUT2D eigenvalue weighted by Gasteiger charge is -2.36. The molecule has 11 heteroatoms. The summed E-state index contributed by atoms with van der Waals surface area (Å²) < 4.78 is 42.6. The number of ether oxygens (including phenoxy) is 1. The van der Waals surface area contributed by atoms with Crippen LogP contribution in [0, 0.1) is 11.7 Å². The van der Waals surface area contributed by atoms with E-state index in [1.807, 2.05) is 17.0 Å². The fourth-order valence-corrected chi connectivity index (χ4v) is 7.93. The molecule has 3 aliphatic rings. The Kier molecular flexibility index (Phi) is 8.16. The van der Waals surface area contributed by atoms with Gasteiger partial charge in [0.05, 0.1) is 17.5 Å². The molecule has 0 saturated carbocycles. The number of likely N-dealkylation sites (N-methyl/N-ethyl adjacent to an activating group) is 1. The fourth-order valence-electron chi connectivity index (χ4n) is 6.04. The van der Waals surface area contributed by atoms with E-state index in [9.17, 15) is 22.4 Å². The van der Waals surface area contributed by atoms with Crippen LogP contribution in [0.1, 0.15) is 30.7 Å². The van der Waals surface area contributed by atoms with Crippen molar-refractivity contribution >= 4 is 33.4 Å². The highest BCUT2D eigenvalue weighted by Gasteiger charge is 2.43. The molecule has 3 fully saturated rings. The van der Waals surface area contributed by atoms with Crippen LogP contribution in [0.2, 0.25) is 5.02 Å². The standard InChI is InChI=1S/C28H33ClFN3O5S/c1-31(28(35)38-24-8-6-22(30)7-9-24)26-17-33(16-25(26)19-2-4-21(29)5-3-19)27(34)20-10-13-32(14-11-20)23-12-15-39(36,37)18-23/h2-9,20,23,25-26H,10-18H2,1H3. The minimum Gasteiger partial charge on any atom is -0.410 e. The van der Waals surface area contributed by atoms with Crippen molar-refractivity contribution in [2.45, 2.75) is 37.3 Å². The fraction of sp³-hybridized carbons (Fsp3) is 0.500. The number of likely N-dealkylation sites (tertiary alicyclic amines) is 2. The normalized spacial score (nSPS) is 25.5. The van der Waals surface area contributed by atoms with E-state index < -0.39 is 21.7 Å². The zero-order valence-corrected chi connectivity index (χ0v) is 23.4. The molecule has 0 radical (unpaired) electrons. The van der Waals surface area contributed by atoms with Crippen molar-refractivity contribution < 1.29 is 27.1 Å². The van der Waals surface area contributed by atoms with E-state index in [-0.39, 0.29) is 47.1 Å². The average molecular weight is 578 g/mol. The van der Waals surface area contributed by atoms with Crippen LogP contribution in [-0.4, -0.2) is 91.9 Å². The Morgan fingerprint density at radius 2 is 1.67 bits per heavy atom. The van der Waals surface area contributed by atoms with Crippen LogP contribution >= 0.6 is 11.6 Å². The van der Waals surface area contributed by atoms with Gasteiger partial charge in [0.1, 0.15) is 11.6 Å². The number of rotatable bonds is 5. The molecule has 3 atom stereocenters. The Hall–Kier alpha value is -2.69. The molecule has 2 aromatic rings. The second kappa shape index (κ2) is 11.4. The summed E-state index contributed by atoms with van der Waals surface area (Å²) in [4.78, 5) is 32.3. The van der Waals surface area contributed by atoms with Crippen LogP contribution in [0.4, 0.5) is 9.18 Å². The van der Waals surface area contributed by atoms with Gasteiger partial charge in [0.2, 0.25) is 5.91 Å². The van der Waals surface area contributed by atoms with E-state index >= 15 is 0 Å². The Morgan fingerprint density at radius 1 is 1.00 bits per heavy atom. The lowest BCUT2D eigenvalue weighted by atomic mass is 9.93. The third kappa shape index (κ3) is 6.39. The van der Waals surface area contributed by atoms with Crippen LogP contribution in [0.25, 0.3) is 0 Å². The number of nitrogens with zero attached hydrogens (tertiary/aromatic N) is 3. The van der Waals surface area contributed by atoms with Gasteiger partial charge in [-0.3, -0.25) is 9.69 Å². The smallest absolute Gasteiger partial charge is 0.410 e. The van der Waals surface area contributed by atoms with E-state index in [2.05, 4.69) is 4.90 Å². The first kappa shape index (κ1) is 27.9. The van der Waals surface area contributed by atoms with Gasteiger partial charge in [0.25, 0.3) is 0 Å². The van der Waals surface area contributed by atoms with Crippen LogP contribution < -0.4 is 4.74 Å². The molecule has 2 amide bonds. The molecule has 2 aromatic carbocycles. The Labute approximate surface area is 233 Å². The number of hydrogen-bond donors (Lipinski definition) is 0. The van der Waals surface area contributed by atoms with Crippen molar-refractivity contribution in [1.82, 2.24) is 14.7 Å². The summed E-state index contributed by atoms with van der Waals surface area (Å²) in [6.45, 7) is 2.24. The summed E-state index contributed by atoms with van der Waals surface area (Å²) in [5.74, 6) is 0.0629. The van der Waals surface area contributed by atoms with Crippen LogP contribution in [0.15, 0.2) is 48.5 Å². The van der Waals surface area contributed by atoms with E-state index in [4.69, 9.17) is 16.3 Å². The second-order valence-corrected chi connectivity index (χ2v) is 13.4. The summed E-state index contributed by atoms with van der Waals surface area (Å²) in [5, 5.41) is 0.604. The number of carbonyl (C=O) groups excluding carboxylic acids is 2. The molecule has 39 heavy (non-hydrogen) atoms. The van der Waals surface area contributed by atoms with E-state index in [1.54, 1.807) is 19.2 Å². The summed E-state index contributed by atoms with van der Waals surface area (Å²) in [7, 11) is -1.30. The van der Waals surface area contributed by atoms with Gasteiger partial charge in [0.15, 0.2) is 9.84 Å². The first-order valence-electron chi connectivity index (χ1n) is 13.3. The third-order valence-electron chi connectivity index (χ3n) is 8.31. The Bertz CT molecular complexity index is 1300. The lowest BCUT2D eigenvalue weighted by molar-refractivity contribution is -0.136. The van der Waals surface area contributed by atoms with Gasteiger partial charge in [-0.2, -0.15) is 0 Å². The molecule has 5 rings (SSSR count). The monoisotopic (exact) mass is 577 g/mol. The summed E-state index contributed by atoms with van der Waals surface area (Å²) in [5.41, 5.74) is 0.971. The van der Waals surface area contributed by atoms with Gasteiger partial charge in [-0.25, -0.2) is 17.6 Å². The molecule has 3 saturated heterocycles. The van der Waals surface area contributed by atoms with Gasteiger partial charge < -0.3 is 14.5 Å². The molecule has 3 heterocycles. The highest BCUT2D eigenvalue weighted by atomic mass is 35.5. The minimum atomic E-state index is -2.95. The maximum Gasteiger partial charge on any atom is 0.415 e. The van der Waals surface area contributed by atoms with Crippen LogP contribution in [0.3, 0.4) is 0 Å². The molecule has 210 valence electrons. The molecule has 3 aliphatic heterocycles. The molecular weight excluding hydrogens is 545 g/mol. The van der Waals surface area contributed by atoms with E-state index in [0.717, 1.165) is 5.56 Å². The summed E-state index contributed by atoms with van der Waals surface area (Å²) in [6, 6.07) is 12.4. The number of benzene rings is 2. The molecular formula is C28H33ClFN3O5S. The average Bonchev–Trinajstić information content (AvgIpc) is 3.53. The highest BCUT2D eigenvalue weighted by Crippen LogP contribution is 2.34. The molecule has 0 N–H and O–H groups in total. The number of sulfone groups is 1. The Morgan fingerprint density at radius 3 is 2.28 bits per heavy atom. The van der Waals surface area contributed by atoms with Crippen molar-refractivity contribution in [1.29, 1.82) is 0 Å². The highest BCUT2D eigenvalue weighted by molar-refractivity contribution is 7.91. The van der Waals surface area contributed by atoms with Crippen molar-refractivity contribution in [2.75, 3.05) is 44.7 Å². The summed E-state index contributed by atoms with van der Waals surface area (Å²) in [6.07, 6.45) is 1.45. The zero-order valence-electron chi connectivity index (χ0n) is 21.8. The van der Waals surface area contributed by atoms with Crippen molar-refractivity contribution in [3.05, 3.63) is 64.9 Å². The SMILES string of the molecule is CN(C(=O)Oc1ccc(F)cc1)C1CN(C(=O)C2CCN(C3CCS(=O)(=O)C3)CC2)CC1c1ccc(Cl)cc1. The van der Waals surface area contributed by atoms with E-state index in [1.165, 1.54) is 29.2 Å². The number of amides is 2. The Balaban J connectivity index is 1.26. The van der Waals surface area contributed by atoms with Gasteiger partial charge in [-0.1, -0.05) is 23.7 Å². The number of hydrogen-bond acceptors (Lipinski definition) is 6. The second-order valence-electron chi connectivity index (χ2n) is 10.8. The zero-order chi connectivity index (χ0) is 27.7. The van der Waals surface area contributed by atoms with Gasteiger partial charge in [0, 0.05) is 43.0 Å². The number of carbonyl (C=O) groups is 2. The molecule has 0 bridgehead atoms. The predicted molar refractivity (Wildman–Crippen MR) is 146 cm³/mol. The first-order valence-corrected chi connectivity index (χ1v) is 15.5. The maximum atomic E-state index is 13.6. The van der Waals surface area contributed by atoms with E-state index in [0.29, 0.717) is 50.5 Å². The van der Waals surface area contributed by atoms with Crippen molar-refractivity contribution in [3.8, 4) is 5.75 Å². The number of piperidine rings is 1.